The Kier molecular flexibility index (Phi) is 4.64. The molecule has 0 aliphatic heterocycles. The van der Waals surface area contributed by atoms with Gasteiger partial charge in [0.1, 0.15) is 0 Å². The van der Waals surface area contributed by atoms with Gasteiger partial charge in [-0.2, -0.15) is 0 Å². The number of aryl methyl sites for hydroxylation is 2. The number of nitrogens with one attached hydrogen (secondary N) is 2. The van der Waals surface area contributed by atoms with Crippen LogP contribution in [-0.2, 0) is 4.79 Å². The Morgan fingerprint density at radius 1 is 1.10 bits per heavy atom. The SMILES string of the molecule is Cc1ccc(NC(=O)CNc2ccccc2Cl)cc1C. The maximum atomic E-state index is 11.9. The van der Waals surface area contributed by atoms with Gasteiger partial charge >= 0.3 is 0 Å². The summed E-state index contributed by atoms with van der Waals surface area (Å²) in [7, 11) is 0. The number of halogens is 1. The fraction of sp³-hybridized carbons (Fsp3) is 0.188. The smallest absolute Gasteiger partial charge is 0.243 e. The van der Waals surface area contributed by atoms with Crippen molar-refractivity contribution < 1.29 is 4.79 Å². The molecule has 0 fully saturated rings. The first-order valence-electron chi connectivity index (χ1n) is 6.42. The van der Waals surface area contributed by atoms with Crippen LogP contribution in [0.15, 0.2) is 42.5 Å². The molecule has 20 heavy (non-hydrogen) atoms. The number of amides is 1. The lowest BCUT2D eigenvalue weighted by Gasteiger charge is -2.10. The van der Waals surface area contributed by atoms with Crippen molar-refractivity contribution in [2.45, 2.75) is 13.8 Å². The van der Waals surface area contributed by atoms with Crippen LogP contribution in [-0.4, -0.2) is 12.5 Å². The second-order valence-corrected chi connectivity index (χ2v) is 5.09. The summed E-state index contributed by atoms with van der Waals surface area (Å²) in [4.78, 5) is 11.9. The summed E-state index contributed by atoms with van der Waals surface area (Å²) in [6, 6.07) is 13.2. The topological polar surface area (TPSA) is 41.1 Å². The maximum Gasteiger partial charge on any atom is 0.243 e. The highest BCUT2D eigenvalue weighted by Crippen LogP contribution is 2.20. The molecule has 2 rings (SSSR count). The van der Waals surface area contributed by atoms with E-state index in [0.29, 0.717) is 5.02 Å². The minimum absolute atomic E-state index is 0.104. The predicted molar refractivity (Wildman–Crippen MR) is 84.5 cm³/mol. The van der Waals surface area contributed by atoms with Crippen molar-refractivity contribution >= 4 is 28.9 Å². The summed E-state index contributed by atoms with van der Waals surface area (Å²) in [5.74, 6) is -0.104. The highest BCUT2D eigenvalue weighted by molar-refractivity contribution is 6.33. The standard InChI is InChI=1S/C16H17ClN2O/c1-11-7-8-13(9-12(11)2)19-16(20)10-18-15-6-4-3-5-14(15)17/h3-9,18H,10H2,1-2H3,(H,19,20). The van der Waals surface area contributed by atoms with Crippen molar-refractivity contribution in [2.75, 3.05) is 17.2 Å². The Morgan fingerprint density at radius 2 is 1.85 bits per heavy atom. The fourth-order valence-electron chi connectivity index (χ4n) is 1.80. The molecule has 0 saturated heterocycles. The molecule has 2 N–H and O–H groups in total. The average Bonchev–Trinajstić information content (AvgIpc) is 2.42. The zero-order chi connectivity index (χ0) is 14.5. The fourth-order valence-corrected chi connectivity index (χ4v) is 2.01. The first-order valence-corrected chi connectivity index (χ1v) is 6.79. The van der Waals surface area contributed by atoms with Gasteiger partial charge in [0.05, 0.1) is 17.3 Å². The van der Waals surface area contributed by atoms with Crippen LogP contribution in [0.1, 0.15) is 11.1 Å². The largest absolute Gasteiger partial charge is 0.375 e. The molecule has 0 radical (unpaired) electrons. The zero-order valence-electron chi connectivity index (χ0n) is 11.5. The molecule has 0 heterocycles. The van der Waals surface area contributed by atoms with E-state index in [1.54, 1.807) is 6.07 Å². The lowest BCUT2D eigenvalue weighted by Crippen LogP contribution is -2.21. The Bertz CT molecular complexity index is 626. The van der Waals surface area contributed by atoms with Gasteiger partial charge in [-0.3, -0.25) is 4.79 Å². The van der Waals surface area contributed by atoms with Gasteiger partial charge in [-0.05, 0) is 49.2 Å². The molecule has 4 heteroatoms. The van der Waals surface area contributed by atoms with Crippen molar-refractivity contribution in [3.8, 4) is 0 Å². The van der Waals surface area contributed by atoms with Crippen LogP contribution in [0, 0.1) is 13.8 Å². The lowest BCUT2D eigenvalue weighted by atomic mass is 10.1. The minimum Gasteiger partial charge on any atom is -0.375 e. The van der Waals surface area contributed by atoms with Crippen LogP contribution >= 0.6 is 11.6 Å². The first-order chi connectivity index (χ1) is 9.56. The van der Waals surface area contributed by atoms with Crippen molar-refractivity contribution in [3.63, 3.8) is 0 Å². The van der Waals surface area contributed by atoms with Crippen LogP contribution in [0.4, 0.5) is 11.4 Å². The van der Waals surface area contributed by atoms with Gasteiger partial charge in [0.15, 0.2) is 0 Å². The second-order valence-electron chi connectivity index (χ2n) is 4.68. The monoisotopic (exact) mass is 288 g/mol. The second kappa shape index (κ2) is 6.44. The molecule has 0 saturated carbocycles. The molecule has 0 aromatic heterocycles. The molecule has 3 nitrogen and oxygen atoms in total. The quantitative estimate of drug-likeness (QED) is 0.892. The number of anilines is 2. The Hall–Kier alpha value is -2.00. The van der Waals surface area contributed by atoms with Gasteiger partial charge in [0.25, 0.3) is 0 Å². The molecule has 104 valence electrons. The van der Waals surface area contributed by atoms with E-state index in [1.165, 1.54) is 5.56 Å². The molecular weight excluding hydrogens is 272 g/mol. The predicted octanol–water partition coefficient (Wildman–Crippen LogP) is 4.01. The van der Waals surface area contributed by atoms with E-state index < -0.39 is 0 Å². The van der Waals surface area contributed by atoms with Gasteiger partial charge in [0.2, 0.25) is 5.91 Å². The molecule has 0 aliphatic carbocycles. The van der Waals surface area contributed by atoms with E-state index >= 15 is 0 Å². The summed E-state index contributed by atoms with van der Waals surface area (Å²) in [5.41, 5.74) is 3.92. The van der Waals surface area contributed by atoms with E-state index in [-0.39, 0.29) is 12.5 Å². The Morgan fingerprint density at radius 3 is 2.55 bits per heavy atom. The average molecular weight is 289 g/mol. The minimum atomic E-state index is -0.104. The summed E-state index contributed by atoms with van der Waals surface area (Å²) in [5, 5.41) is 6.47. The van der Waals surface area contributed by atoms with E-state index in [4.69, 9.17) is 11.6 Å². The van der Waals surface area contributed by atoms with Crippen LogP contribution < -0.4 is 10.6 Å². The third-order valence-electron chi connectivity index (χ3n) is 3.10. The summed E-state index contributed by atoms with van der Waals surface area (Å²) < 4.78 is 0. The Labute approximate surface area is 124 Å². The van der Waals surface area contributed by atoms with Gasteiger partial charge in [-0.1, -0.05) is 29.8 Å². The third kappa shape index (κ3) is 3.75. The van der Waals surface area contributed by atoms with Gasteiger partial charge in [-0.25, -0.2) is 0 Å². The van der Waals surface area contributed by atoms with Crippen LogP contribution in [0.2, 0.25) is 5.02 Å². The van der Waals surface area contributed by atoms with Crippen molar-refractivity contribution in [1.82, 2.24) is 0 Å². The molecular formula is C16H17ClN2O. The van der Waals surface area contributed by atoms with Crippen LogP contribution in [0.3, 0.4) is 0 Å². The molecule has 2 aromatic rings. The number of carbonyl (C=O) groups excluding carboxylic acids is 1. The van der Waals surface area contributed by atoms with E-state index in [9.17, 15) is 4.79 Å². The number of hydrogen-bond acceptors (Lipinski definition) is 2. The highest BCUT2D eigenvalue weighted by atomic mass is 35.5. The molecule has 0 aliphatic rings. The molecule has 0 atom stereocenters. The first kappa shape index (κ1) is 14.4. The number of para-hydroxylation sites is 1. The number of benzene rings is 2. The van der Waals surface area contributed by atoms with E-state index in [0.717, 1.165) is 16.9 Å². The number of carbonyl (C=O) groups is 1. The molecule has 0 spiro atoms. The molecule has 1 amide bonds. The highest BCUT2D eigenvalue weighted by Gasteiger charge is 2.04. The lowest BCUT2D eigenvalue weighted by molar-refractivity contribution is -0.114. The third-order valence-corrected chi connectivity index (χ3v) is 3.43. The molecule has 0 unspecified atom stereocenters. The van der Waals surface area contributed by atoms with Crippen molar-refractivity contribution in [2.24, 2.45) is 0 Å². The number of hydrogen-bond donors (Lipinski definition) is 2. The van der Waals surface area contributed by atoms with Crippen LogP contribution in [0.25, 0.3) is 0 Å². The van der Waals surface area contributed by atoms with E-state index in [1.807, 2.05) is 50.2 Å². The van der Waals surface area contributed by atoms with Gasteiger partial charge in [-0.15, -0.1) is 0 Å². The molecule has 2 aromatic carbocycles. The summed E-state index contributed by atoms with van der Waals surface area (Å²) in [6.45, 7) is 4.24. The van der Waals surface area contributed by atoms with Gasteiger partial charge in [0, 0.05) is 5.69 Å². The number of rotatable bonds is 4. The maximum absolute atomic E-state index is 11.9. The van der Waals surface area contributed by atoms with Gasteiger partial charge < -0.3 is 10.6 Å². The normalized spacial score (nSPS) is 10.2. The zero-order valence-corrected chi connectivity index (χ0v) is 12.3. The van der Waals surface area contributed by atoms with Crippen molar-refractivity contribution in [1.29, 1.82) is 0 Å². The Balaban J connectivity index is 1.93. The summed E-state index contributed by atoms with van der Waals surface area (Å²) >= 11 is 6.01. The molecule has 0 bridgehead atoms. The van der Waals surface area contributed by atoms with Crippen molar-refractivity contribution in [3.05, 3.63) is 58.6 Å². The summed E-state index contributed by atoms with van der Waals surface area (Å²) in [6.07, 6.45) is 0. The van der Waals surface area contributed by atoms with Crippen LogP contribution in [0.5, 0.6) is 0 Å². The van der Waals surface area contributed by atoms with E-state index in [2.05, 4.69) is 10.6 Å².